The van der Waals surface area contributed by atoms with Gasteiger partial charge in [-0.15, -0.1) is 0 Å². The molecule has 1 fully saturated rings. The van der Waals surface area contributed by atoms with Crippen molar-refractivity contribution in [1.82, 2.24) is 24.7 Å². The van der Waals surface area contributed by atoms with Crippen LogP contribution in [0.1, 0.15) is 38.2 Å². The minimum Gasteiger partial charge on any atom is -0.491 e. The van der Waals surface area contributed by atoms with E-state index in [0.717, 1.165) is 12.3 Å². The van der Waals surface area contributed by atoms with Crippen LogP contribution >= 0.6 is 0 Å². The number of aromatic amines is 1. The average Bonchev–Trinajstić information content (AvgIpc) is 3.74. The van der Waals surface area contributed by atoms with Gasteiger partial charge in [0.15, 0.2) is 17.4 Å². The quantitative estimate of drug-likeness (QED) is 0.195. The summed E-state index contributed by atoms with van der Waals surface area (Å²) in [4.78, 5) is 33.2. The Hall–Kier alpha value is -4.63. The number of halogens is 6. The molecule has 0 radical (unpaired) electrons. The van der Waals surface area contributed by atoms with Gasteiger partial charge in [0.1, 0.15) is 11.4 Å². The van der Waals surface area contributed by atoms with Crippen molar-refractivity contribution in [1.29, 1.82) is 0 Å². The highest BCUT2D eigenvalue weighted by molar-refractivity contribution is 5.86. The Morgan fingerprint density at radius 1 is 1.18 bits per heavy atom. The summed E-state index contributed by atoms with van der Waals surface area (Å²) in [6.07, 6.45) is -2.69. The number of aromatic nitrogens is 5. The van der Waals surface area contributed by atoms with E-state index in [9.17, 15) is 31.5 Å². The van der Waals surface area contributed by atoms with E-state index in [1.54, 1.807) is 18.1 Å². The number of fused-ring (bicyclic) bond motifs is 1. The molecule has 1 atom stereocenters. The molecule has 0 saturated heterocycles. The zero-order valence-corrected chi connectivity index (χ0v) is 23.4. The molecular weight excluding hydrogens is 596 g/mol. The van der Waals surface area contributed by atoms with E-state index < -0.39 is 52.4 Å². The molecule has 1 saturated carbocycles. The number of methoxy groups -OCH3 is 1. The van der Waals surface area contributed by atoms with Crippen molar-refractivity contribution in [3.8, 4) is 17.1 Å². The van der Waals surface area contributed by atoms with E-state index in [1.807, 2.05) is 0 Å². The number of rotatable bonds is 11. The van der Waals surface area contributed by atoms with Crippen molar-refractivity contribution in [2.45, 2.75) is 63.3 Å². The zero-order valence-electron chi connectivity index (χ0n) is 23.4. The van der Waals surface area contributed by atoms with Gasteiger partial charge in [-0.2, -0.15) is 18.3 Å². The van der Waals surface area contributed by atoms with Crippen molar-refractivity contribution in [2.24, 2.45) is 0 Å². The van der Waals surface area contributed by atoms with E-state index in [-0.39, 0.29) is 47.7 Å². The monoisotopic (exact) mass is 623 g/mol. The smallest absolute Gasteiger partial charge is 0.423 e. The second kappa shape index (κ2) is 11.8. The number of H-pyrrole nitrogens is 1. The Labute approximate surface area is 245 Å². The summed E-state index contributed by atoms with van der Waals surface area (Å²) in [6, 6.07) is 3.53. The predicted octanol–water partition coefficient (Wildman–Crippen LogP) is 5.20. The van der Waals surface area contributed by atoms with Gasteiger partial charge in [-0.3, -0.25) is 9.59 Å². The number of ether oxygens (including phenoxy) is 1. The fourth-order valence-corrected chi connectivity index (χ4v) is 4.86. The molecule has 0 aliphatic heterocycles. The molecule has 4 aromatic rings. The summed E-state index contributed by atoms with van der Waals surface area (Å²) in [5.74, 6) is -0.779. The number of alkyl halides is 5. The normalized spacial score (nSPS) is 14.9. The molecule has 234 valence electrons. The van der Waals surface area contributed by atoms with Gasteiger partial charge in [0.05, 0.1) is 41.7 Å². The van der Waals surface area contributed by atoms with Crippen LogP contribution in [0.2, 0.25) is 0 Å². The highest BCUT2D eigenvalue weighted by atomic mass is 19.4. The SMILES string of the molecule is COc1cnc(-c2cc3ccn(CCC[C@H](C)Nc4cn[nH]c(=O)c4C(F)(F)F)c(=O)c3cc2F)nc1NC1(C(F)F)CC1. The number of nitrogens with one attached hydrogen (secondary N) is 3. The maximum atomic E-state index is 15.3. The number of anilines is 2. The Balaban J connectivity index is 1.32. The van der Waals surface area contributed by atoms with Gasteiger partial charge < -0.3 is 19.9 Å². The molecule has 3 heterocycles. The van der Waals surface area contributed by atoms with Gasteiger partial charge in [0, 0.05) is 18.8 Å². The van der Waals surface area contributed by atoms with E-state index in [1.165, 1.54) is 30.1 Å². The Morgan fingerprint density at radius 2 is 1.93 bits per heavy atom. The summed E-state index contributed by atoms with van der Waals surface area (Å²) >= 11 is 0. The van der Waals surface area contributed by atoms with E-state index in [4.69, 9.17) is 4.74 Å². The molecule has 5 rings (SSSR count). The van der Waals surface area contributed by atoms with Crippen LogP contribution in [-0.4, -0.2) is 49.8 Å². The summed E-state index contributed by atoms with van der Waals surface area (Å²) in [6.45, 7) is 1.81. The van der Waals surface area contributed by atoms with Crippen LogP contribution in [0.25, 0.3) is 22.2 Å². The van der Waals surface area contributed by atoms with Gasteiger partial charge in [0.25, 0.3) is 17.5 Å². The molecule has 10 nitrogen and oxygen atoms in total. The van der Waals surface area contributed by atoms with Crippen LogP contribution in [0.15, 0.2) is 46.4 Å². The first-order chi connectivity index (χ1) is 20.8. The first-order valence-corrected chi connectivity index (χ1v) is 13.5. The highest BCUT2D eigenvalue weighted by Gasteiger charge is 2.52. The summed E-state index contributed by atoms with van der Waals surface area (Å²) in [7, 11) is 1.33. The van der Waals surface area contributed by atoms with Crippen LogP contribution < -0.4 is 26.5 Å². The molecule has 0 spiro atoms. The molecular formula is C28H27F6N7O3. The van der Waals surface area contributed by atoms with Gasteiger partial charge in [-0.1, -0.05) is 0 Å². The predicted molar refractivity (Wildman–Crippen MR) is 150 cm³/mol. The number of hydrogen-bond acceptors (Lipinski definition) is 8. The van der Waals surface area contributed by atoms with E-state index in [0.29, 0.717) is 18.2 Å². The number of hydrogen-bond donors (Lipinski definition) is 3. The fraction of sp³-hybridized carbons (Fsp3) is 0.393. The molecule has 3 N–H and O–H groups in total. The lowest BCUT2D eigenvalue weighted by molar-refractivity contribution is -0.138. The van der Waals surface area contributed by atoms with Crippen LogP contribution in [0.4, 0.5) is 37.8 Å². The Kier molecular flexibility index (Phi) is 8.27. The first-order valence-electron chi connectivity index (χ1n) is 13.5. The minimum absolute atomic E-state index is 0.00103. The highest BCUT2D eigenvalue weighted by Crippen LogP contribution is 2.45. The van der Waals surface area contributed by atoms with Crippen LogP contribution in [0.5, 0.6) is 5.75 Å². The lowest BCUT2D eigenvalue weighted by atomic mass is 10.1. The second-order valence-corrected chi connectivity index (χ2v) is 10.6. The molecule has 44 heavy (non-hydrogen) atoms. The van der Waals surface area contributed by atoms with Crippen molar-refractivity contribution >= 4 is 22.3 Å². The maximum Gasteiger partial charge on any atom is 0.423 e. The molecule has 1 aliphatic carbocycles. The number of benzene rings is 1. The van der Waals surface area contributed by atoms with Crippen molar-refractivity contribution < 1.29 is 31.1 Å². The lowest BCUT2D eigenvalue weighted by Gasteiger charge is -2.19. The number of nitrogens with zero attached hydrogens (tertiary/aromatic N) is 4. The van der Waals surface area contributed by atoms with Crippen molar-refractivity contribution in [3.05, 3.63) is 68.9 Å². The molecule has 3 aromatic heterocycles. The van der Waals surface area contributed by atoms with Crippen molar-refractivity contribution in [3.63, 3.8) is 0 Å². The first kappa shape index (κ1) is 30.8. The van der Waals surface area contributed by atoms with Gasteiger partial charge in [-0.05, 0) is 56.2 Å². The van der Waals surface area contributed by atoms with Gasteiger partial charge in [0.2, 0.25) is 0 Å². The topological polar surface area (TPSA) is 127 Å². The second-order valence-electron chi connectivity index (χ2n) is 10.6. The number of aryl methyl sites for hydroxylation is 1. The van der Waals surface area contributed by atoms with Gasteiger partial charge >= 0.3 is 6.18 Å². The van der Waals surface area contributed by atoms with Crippen LogP contribution in [-0.2, 0) is 12.7 Å². The summed E-state index contributed by atoms with van der Waals surface area (Å²) < 4.78 is 88.8. The van der Waals surface area contributed by atoms with Crippen LogP contribution in [0, 0.1) is 5.82 Å². The molecule has 0 amide bonds. The number of pyridine rings is 1. The van der Waals surface area contributed by atoms with E-state index in [2.05, 4.69) is 25.7 Å². The molecule has 0 bridgehead atoms. The third kappa shape index (κ3) is 6.19. The minimum atomic E-state index is -4.88. The fourth-order valence-electron chi connectivity index (χ4n) is 4.86. The largest absolute Gasteiger partial charge is 0.491 e. The summed E-state index contributed by atoms with van der Waals surface area (Å²) in [5, 5.41) is 11.0. The molecule has 1 aromatic carbocycles. The molecule has 16 heteroatoms. The molecule has 1 aliphatic rings. The third-order valence-electron chi connectivity index (χ3n) is 7.43. The van der Waals surface area contributed by atoms with Crippen LogP contribution in [0.3, 0.4) is 0 Å². The zero-order chi connectivity index (χ0) is 31.8. The maximum absolute atomic E-state index is 15.3. The van der Waals surface area contributed by atoms with Crippen molar-refractivity contribution in [2.75, 3.05) is 17.7 Å². The lowest BCUT2D eigenvalue weighted by Crippen LogP contribution is -2.30. The Bertz CT molecular complexity index is 1800. The standard InChI is InChI=1S/C28H27F6N7O3/c1-14(37-19-12-36-40-24(42)21(19)28(32,33)34)4-3-8-41-9-5-15-10-17(18(29)11-16(15)25(41)43)22-35-13-20(44-2)23(38-22)39-27(6-7-27)26(30)31/h5,9-14,26H,3-4,6-8H2,1-2H3,(H,35,38,39)(H2,37,40,42)/t14-/m0/s1. The summed E-state index contributed by atoms with van der Waals surface area (Å²) in [5.41, 5.74) is -5.15. The third-order valence-corrected chi connectivity index (χ3v) is 7.43. The van der Waals surface area contributed by atoms with E-state index >= 15 is 4.39 Å². The average molecular weight is 624 g/mol. The molecule has 0 unspecified atom stereocenters. The Morgan fingerprint density at radius 3 is 2.59 bits per heavy atom. The van der Waals surface area contributed by atoms with Gasteiger partial charge in [-0.25, -0.2) is 28.2 Å².